The third kappa shape index (κ3) is 1.84. The molecule has 45 valence electrons. The summed E-state index contributed by atoms with van der Waals surface area (Å²) in [5.74, 6) is 0. The minimum atomic E-state index is 1.24. The van der Waals surface area contributed by atoms with E-state index in [1.807, 2.05) is 6.82 Å². The molecule has 1 rings (SSSR count). The molecule has 0 aromatic heterocycles. The van der Waals surface area contributed by atoms with E-state index in [-0.39, 0.29) is 0 Å². The van der Waals surface area contributed by atoms with Crippen molar-refractivity contribution < 1.29 is 0 Å². The van der Waals surface area contributed by atoms with E-state index in [1.165, 1.54) is 10.8 Å². The minimum absolute atomic E-state index is 1.24. The zero-order valence-corrected chi connectivity index (χ0v) is 6.62. The molecule has 0 saturated carbocycles. The summed E-state index contributed by atoms with van der Waals surface area (Å²) in [5.41, 5.74) is 1.28. The molecule has 0 aliphatic rings. The van der Waals surface area contributed by atoms with Gasteiger partial charge in [-0.05, 0) is 5.30 Å². The Kier molecular flexibility index (Phi) is 2.30. The second kappa shape index (κ2) is 3.03. The third-order valence-electron chi connectivity index (χ3n) is 1.27. The molecule has 0 aliphatic heterocycles. The zero-order chi connectivity index (χ0) is 6.69. The average molecular weight is 135 g/mol. The third-order valence-corrected chi connectivity index (χ3v) is 1.65. The van der Waals surface area contributed by atoms with Crippen LogP contribution < -0.4 is 10.8 Å². The van der Waals surface area contributed by atoms with E-state index in [9.17, 15) is 0 Å². The molecule has 1 aromatic carbocycles. The minimum Gasteiger partial charge on any atom is -0.106 e. The lowest BCUT2D eigenvalue weighted by Gasteiger charge is -1.93. The maximum absolute atomic E-state index is 2.66. The van der Waals surface area contributed by atoms with Crippen LogP contribution in [-0.2, 0) is 0 Å². The largest absolute Gasteiger partial charge is 0.148 e. The molecule has 0 amide bonds. The summed E-state index contributed by atoms with van der Waals surface area (Å²) in [6, 6.07) is 8.37. The van der Waals surface area contributed by atoms with Crippen molar-refractivity contribution in [1.82, 2.24) is 0 Å². The highest BCUT2D eigenvalue weighted by molar-refractivity contribution is 7.27. The lowest BCUT2D eigenvalue weighted by atomic mass is 9.74. The Bertz CT molecular complexity index is 181. The van der Waals surface area contributed by atoms with Gasteiger partial charge in [0.15, 0.2) is 0 Å². The van der Waals surface area contributed by atoms with Gasteiger partial charge in [0.25, 0.3) is 0 Å². The van der Waals surface area contributed by atoms with Gasteiger partial charge in [-0.3, -0.25) is 0 Å². The summed E-state index contributed by atoms with van der Waals surface area (Å²) >= 11 is 0. The Balaban J connectivity index is 2.88. The Morgan fingerprint density at radius 3 is 2.22 bits per heavy atom. The van der Waals surface area contributed by atoms with E-state index in [0.29, 0.717) is 0 Å². The van der Waals surface area contributed by atoms with Crippen LogP contribution in [0.4, 0.5) is 0 Å². The van der Waals surface area contributed by atoms with Crippen LogP contribution in [0.1, 0.15) is 0 Å². The molecule has 0 spiro atoms. The van der Waals surface area contributed by atoms with Gasteiger partial charge >= 0.3 is 0 Å². The Morgan fingerprint density at radius 1 is 1.22 bits per heavy atom. The SMILES string of the molecule is C[B]c1ccc(P)cc1. The van der Waals surface area contributed by atoms with Crippen LogP contribution in [0.2, 0.25) is 6.82 Å². The average Bonchev–Trinajstić information content (AvgIpc) is 1.90. The van der Waals surface area contributed by atoms with Gasteiger partial charge in [-0.25, -0.2) is 0 Å². The molecule has 1 aromatic rings. The zero-order valence-electron chi connectivity index (χ0n) is 5.46. The molecule has 9 heavy (non-hydrogen) atoms. The summed E-state index contributed by atoms with van der Waals surface area (Å²) in [6.45, 7) is 2.04. The van der Waals surface area contributed by atoms with Crippen LogP contribution in [0.5, 0.6) is 0 Å². The Morgan fingerprint density at radius 2 is 1.78 bits per heavy atom. The van der Waals surface area contributed by atoms with Gasteiger partial charge in [0, 0.05) is 0 Å². The molecule has 0 fully saturated rings. The van der Waals surface area contributed by atoms with E-state index in [2.05, 4.69) is 40.8 Å². The van der Waals surface area contributed by atoms with Crippen molar-refractivity contribution in [2.75, 3.05) is 0 Å². The van der Waals surface area contributed by atoms with E-state index >= 15 is 0 Å². The predicted octanol–water partition coefficient (Wildman–Crippen LogP) is 0.565. The van der Waals surface area contributed by atoms with Crippen LogP contribution in [-0.4, -0.2) is 7.28 Å². The molecule has 0 bridgehead atoms. The lowest BCUT2D eigenvalue weighted by molar-refractivity contribution is 1.84. The molecular formula is C7H9BP. The van der Waals surface area contributed by atoms with Crippen LogP contribution in [0, 0.1) is 0 Å². The summed E-state index contributed by atoms with van der Waals surface area (Å²) in [4.78, 5) is 0. The van der Waals surface area contributed by atoms with Crippen LogP contribution in [0.3, 0.4) is 0 Å². The smallest absolute Gasteiger partial charge is 0.106 e. The fourth-order valence-electron chi connectivity index (χ4n) is 0.688. The summed E-state index contributed by atoms with van der Waals surface area (Å²) in [6.07, 6.45) is 0. The molecule has 0 N–H and O–H groups in total. The maximum Gasteiger partial charge on any atom is 0.148 e. The van der Waals surface area contributed by atoms with Crippen LogP contribution in [0.15, 0.2) is 24.3 Å². The number of benzene rings is 1. The molecule has 0 heterocycles. The van der Waals surface area contributed by atoms with Crippen molar-refractivity contribution in [3.63, 3.8) is 0 Å². The number of hydrogen-bond acceptors (Lipinski definition) is 0. The summed E-state index contributed by atoms with van der Waals surface area (Å²) < 4.78 is 0. The summed E-state index contributed by atoms with van der Waals surface area (Å²) in [7, 11) is 4.75. The predicted molar refractivity (Wildman–Crippen MR) is 47.0 cm³/mol. The fourth-order valence-corrected chi connectivity index (χ4v) is 0.881. The van der Waals surface area contributed by atoms with Crippen LogP contribution >= 0.6 is 9.24 Å². The molecule has 0 saturated heterocycles. The molecule has 1 atom stereocenters. The van der Waals surface area contributed by atoms with E-state index in [0.717, 1.165) is 0 Å². The number of rotatable bonds is 1. The van der Waals surface area contributed by atoms with Gasteiger partial charge in [0.1, 0.15) is 7.28 Å². The van der Waals surface area contributed by atoms with E-state index in [4.69, 9.17) is 0 Å². The molecule has 0 aliphatic carbocycles. The topological polar surface area (TPSA) is 0 Å². The molecule has 1 radical (unpaired) electrons. The van der Waals surface area contributed by atoms with E-state index in [1.54, 1.807) is 0 Å². The first-order chi connectivity index (χ1) is 4.33. The van der Waals surface area contributed by atoms with Gasteiger partial charge in [0.05, 0.1) is 0 Å². The second-order valence-electron chi connectivity index (χ2n) is 1.96. The van der Waals surface area contributed by atoms with Crippen molar-refractivity contribution in [2.45, 2.75) is 6.82 Å². The molecule has 2 heteroatoms. The molecule has 0 nitrogen and oxygen atoms in total. The van der Waals surface area contributed by atoms with Crippen molar-refractivity contribution in [2.24, 2.45) is 0 Å². The van der Waals surface area contributed by atoms with Crippen molar-refractivity contribution in [3.05, 3.63) is 24.3 Å². The highest BCUT2D eigenvalue weighted by atomic mass is 31.0. The lowest BCUT2D eigenvalue weighted by Crippen LogP contribution is -2.10. The molecular weight excluding hydrogens is 126 g/mol. The second-order valence-corrected chi connectivity index (χ2v) is 2.62. The maximum atomic E-state index is 2.66. The highest BCUT2D eigenvalue weighted by Gasteiger charge is 1.86. The Labute approximate surface area is 59.1 Å². The Hall–Kier alpha value is -0.285. The van der Waals surface area contributed by atoms with Gasteiger partial charge in [-0.2, -0.15) is 0 Å². The summed E-state index contributed by atoms with van der Waals surface area (Å²) in [5, 5.41) is 1.24. The van der Waals surface area contributed by atoms with Gasteiger partial charge in [-0.15, -0.1) is 9.24 Å². The number of hydrogen-bond donors (Lipinski definition) is 0. The molecule has 1 unspecified atom stereocenters. The van der Waals surface area contributed by atoms with Gasteiger partial charge < -0.3 is 0 Å². The fraction of sp³-hybridized carbons (Fsp3) is 0.143. The quantitative estimate of drug-likeness (QED) is 0.390. The monoisotopic (exact) mass is 135 g/mol. The van der Waals surface area contributed by atoms with Crippen molar-refractivity contribution in [3.8, 4) is 0 Å². The van der Waals surface area contributed by atoms with Crippen molar-refractivity contribution >= 4 is 27.3 Å². The first-order valence-corrected chi connectivity index (χ1v) is 3.55. The van der Waals surface area contributed by atoms with Gasteiger partial charge in [-0.1, -0.05) is 36.6 Å². The standard InChI is InChI=1S/C7H9BP/c1-8-6-2-4-7(9)5-3-6/h2-5H,9H2,1H3. The highest BCUT2D eigenvalue weighted by Crippen LogP contribution is 1.85. The first kappa shape index (κ1) is 6.83. The first-order valence-electron chi connectivity index (χ1n) is 2.98. The van der Waals surface area contributed by atoms with E-state index < -0.39 is 0 Å². The van der Waals surface area contributed by atoms with Crippen molar-refractivity contribution in [1.29, 1.82) is 0 Å². The van der Waals surface area contributed by atoms with Crippen LogP contribution in [0.25, 0.3) is 0 Å². The normalized spacial score (nSPS) is 9.11. The van der Waals surface area contributed by atoms with Gasteiger partial charge in [0.2, 0.25) is 0 Å².